The summed E-state index contributed by atoms with van der Waals surface area (Å²) in [5.41, 5.74) is 8.56. The highest BCUT2D eigenvalue weighted by atomic mass is 16.2. The number of para-hydroxylation sites is 1. The van der Waals surface area contributed by atoms with Crippen LogP contribution in [0.3, 0.4) is 0 Å². The molecule has 6 nitrogen and oxygen atoms in total. The van der Waals surface area contributed by atoms with Gasteiger partial charge >= 0.3 is 0 Å². The quantitative estimate of drug-likeness (QED) is 0.721. The summed E-state index contributed by atoms with van der Waals surface area (Å²) in [4.78, 5) is 12.3. The van der Waals surface area contributed by atoms with E-state index < -0.39 is 6.04 Å². The molecule has 0 saturated heterocycles. The molecular weight excluding hydrogens is 266 g/mol. The van der Waals surface area contributed by atoms with Crippen molar-refractivity contribution in [2.45, 2.75) is 13.0 Å². The van der Waals surface area contributed by atoms with Gasteiger partial charge in [-0.15, -0.1) is 5.10 Å². The van der Waals surface area contributed by atoms with Gasteiger partial charge in [-0.05, 0) is 37.3 Å². The molecule has 1 amide bonds. The molecule has 0 aliphatic heterocycles. The van der Waals surface area contributed by atoms with Crippen molar-refractivity contribution in [3.05, 3.63) is 48.5 Å². The predicted molar refractivity (Wildman–Crippen MR) is 81.7 cm³/mol. The fraction of sp³-hybridized carbons (Fsp3) is 0.133. The van der Waals surface area contributed by atoms with Crippen LogP contribution in [0.5, 0.6) is 0 Å². The van der Waals surface area contributed by atoms with Gasteiger partial charge < -0.3 is 11.1 Å². The number of nitrogens with one attached hydrogen (secondary N) is 1. The molecule has 1 unspecified atom stereocenters. The van der Waals surface area contributed by atoms with Gasteiger partial charge in [-0.25, -0.2) is 4.68 Å². The Hall–Kier alpha value is -2.89. The lowest BCUT2D eigenvalue weighted by atomic mass is 10.2. The summed E-state index contributed by atoms with van der Waals surface area (Å²) in [5.74, 6) is -0.170. The molecule has 3 aromatic rings. The Morgan fingerprint density at radius 3 is 2.86 bits per heavy atom. The molecule has 3 N–H and O–H groups in total. The molecule has 0 fully saturated rings. The maximum atomic E-state index is 12.3. The number of rotatable bonds is 3. The number of hydrogen-bond acceptors (Lipinski definition) is 4. The number of carbonyl (C=O) groups excluding carboxylic acids is 1. The van der Waals surface area contributed by atoms with Crippen LogP contribution in [0.2, 0.25) is 0 Å². The molecular formula is C15H15N5O. The molecule has 3 rings (SSSR count). The number of benzene rings is 2. The average molecular weight is 281 g/mol. The number of nitrogens with two attached hydrogens (primary N) is 1. The largest absolute Gasteiger partial charge is 0.399 e. The minimum atomic E-state index is -0.473. The van der Waals surface area contributed by atoms with Gasteiger partial charge in [0, 0.05) is 11.4 Å². The summed E-state index contributed by atoms with van der Waals surface area (Å²) < 4.78 is 1.61. The Bertz CT molecular complexity index is 795. The number of amides is 1. The van der Waals surface area contributed by atoms with Gasteiger partial charge in [-0.2, -0.15) is 0 Å². The second kappa shape index (κ2) is 5.24. The summed E-state index contributed by atoms with van der Waals surface area (Å²) in [5, 5.41) is 10.9. The topological polar surface area (TPSA) is 85.8 Å². The van der Waals surface area contributed by atoms with Gasteiger partial charge in [-0.3, -0.25) is 4.79 Å². The first-order valence-electron chi connectivity index (χ1n) is 6.61. The van der Waals surface area contributed by atoms with Crippen LogP contribution in [0.15, 0.2) is 48.5 Å². The van der Waals surface area contributed by atoms with E-state index in [9.17, 15) is 4.79 Å². The molecule has 1 heterocycles. The minimum absolute atomic E-state index is 0.170. The van der Waals surface area contributed by atoms with Gasteiger partial charge in [0.25, 0.3) is 0 Å². The monoisotopic (exact) mass is 281 g/mol. The van der Waals surface area contributed by atoms with Crippen molar-refractivity contribution in [1.82, 2.24) is 15.0 Å². The van der Waals surface area contributed by atoms with Crippen LogP contribution in [0.1, 0.15) is 13.0 Å². The van der Waals surface area contributed by atoms with Crippen LogP contribution in [-0.4, -0.2) is 20.9 Å². The number of nitrogen functional groups attached to an aromatic ring is 1. The third-order valence-electron chi connectivity index (χ3n) is 3.28. The molecule has 6 heteroatoms. The van der Waals surface area contributed by atoms with Crippen LogP contribution in [0.25, 0.3) is 11.0 Å². The van der Waals surface area contributed by atoms with Gasteiger partial charge in [0.2, 0.25) is 5.91 Å². The molecule has 0 radical (unpaired) electrons. The number of fused-ring (bicyclic) bond motifs is 1. The summed E-state index contributed by atoms with van der Waals surface area (Å²) >= 11 is 0. The van der Waals surface area contributed by atoms with Gasteiger partial charge in [0.15, 0.2) is 0 Å². The molecule has 2 aromatic carbocycles. The second-order valence-corrected chi connectivity index (χ2v) is 4.81. The highest BCUT2D eigenvalue weighted by molar-refractivity contribution is 5.94. The Morgan fingerprint density at radius 1 is 1.24 bits per heavy atom. The van der Waals surface area contributed by atoms with Crippen molar-refractivity contribution in [2.24, 2.45) is 0 Å². The van der Waals surface area contributed by atoms with E-state index in [0.29, 0.717) is 11.4 Å². The van der Waals surface area contributed by atoms with Crippen LogP contribution < -0.4 is 11.1 Å². The van der Waals surface area contributed by atoms with Crippen molar-refractivity contribution in [3.8, 4) is 0 Å². The Morgan fingerprint density at radius 2 is 2.05 bits per heavy atom. The van der Waals surface area contributed by atoms with E-state index >= 15 is 0 Å². The fourth-order valence-electron chi connectivity index (χ4n) is 2.15. The molecule has 21 heavy (non-hydrogen) atoms. The zero-order valence-corrected chi connectivity index (χ0v) is 11.5. The van der Waals surface area contributed by atoms with Crippen molar-refractivity contribution >= 4 is 28.3 Å². The number of nitrogens with zero attached hydrogens (tertiary/aromatic N) is 3. The first kappa shape index (κ1) is 13.1. The molecule has 0 spiro atoms. The maximum absolute atomic E-state index is 12.3. The number of aromatic nitrogens is 3. The summed E-state index contributed by atoms with van der Waals surface area (Å²) in [6.45, 7) is 1.78. The molecule has 1 atom stereocenters. The lowest BCUT2D eigenvalue weighted by Crippen LogP contribution is -2.24. The van der Waals surface area contributed by atoms with E-state index in [1.807, 2.05) is 24.3 Å². The second-order valence-electron chi connectivity index (χ2n) is 4.81. The maximum Gasteiger partial charge on any atom is 0.249 e. The van der Waals surface area contributed by atoms with E-state index in [1.54, 1.807) is 35.9 Å². The SMILES string of the molecule is CC(C(=O)Nc1cccc(N)c1)n1nnc2ccccc21. The van der Waals surface area contributed by atoms with Crippen molar-refractivity contribution in [2.75, 3.05) is 11.1 Å². The molecule has 0 bridgehead atoms. The first-order chi connectivity index (χ1) is 10.1. The van der Waals surface area contributed by atoms with Crippen molar-refractivity contribution < 1.29 is 4.79 Å². The van der Waals surface area contributed by atoms with E-state index in [-0.39, 0.29) is 5.91 Å². The standard InChI is InChI=1S/C15H15N5O/c1-10(15(21)17-12-6-4-5-11(16)9-12)20-14-8-3-2-7-13(14)18-19-20/h2-10H,16H2,1H3,(H,17,21). The van der Waals surface area contributed by atoms with Crippen LogP contribution in [0.4, 0.5) is 11.4 Å². The summed E-state index contributed by atoms with van der Waals surface area (Å²) in [6.07, 6.45) is 0. The number of hydrogen-bond donors (Lipinski definition) is 2. The van der Waals surface area contributed by atoms with E-state index in [1.165, 1.54) is 0 Å². The third kappa shape index (κ3) is 2.55. The van der Waals surface area contributed by atoms with Gasteiger partial charge in [-0.1, -0.05) is 23.4 Å². The Balaban J connectivity index is 1.84. The van der Waals surface area contributed by atoms with Crippen molar-refractivity contribution in [3.63, 3.8) is 0 Å². The number of anilines is 2. The Kier molecular flexibility index (Phi) is 3.27. The fourth-order valence-corrected chi connectivity index (χ4v) is 2.15. The van der Waals surface area contributed by atoms with E-state index in [2.05, 4.69) is 15.6 Å². The van der Waals surface area contributed by atoms with Crippen molar-refractivity contribution in [1.29, 1.82) is 0 Å². The normalized spacial score (nSPS) is 12.2. The van der Waals surface area contributed by atoms with Crippen LogP contribution in [0, 0.1) is 0 Å². The van der Waals surface area contributed by atoms with Crippen LogP contribution >= 0.6 is 0 Å². The van der Waals surface area contributed by atoms with Crippen LogP contribution in [-0.2, 0) is 4.79 Å². The first-order valence-corrected chi connectivity index (χ1v) is 6.61. The molecule has 0 aliphatic rings. The van der Waals surface area contributed by atoms with Gasteiger partial charge in [0.1, 0.15) is 11.6 Å². The smallest absolute Gasteiger partial charge is 0.249 e. The average Bonchev–Trinajstić information content (AvgIpc) is 2.90. The highest BCUT2D eigenvalue weighted by Crippen LogP contribution is 2.18. The minimum Gasteiger partial charge on any atom is -0.399 e. The summed E-state index contributed by atoms with van der Waals surface area (Å²) in [6, 6.07) is 14.1. The third-order valence-corrected chi connectivity index (χ3v) is 3.28. The number of carbonyl (C=O) groups is 1. The molecule has 0 saturated carbocycles. The zero-order valence-electron chi connectivity index (χ0n) is 11.5. The van der Waals surface area contributed by atoms with E-state index in [0.717, 1.165) is 11.0 Å². The van der Waals surface area contributed by atoms with E-state index in [4.69, 9.17) is 5.73 Å². The molecule has 106 valence electrons. The van der Waals surface area contributed by atoms with Gasteiger partial charge in [0.05, 0.1) is 5.52 Å². The lowest BCUT2D eigenvalue weighted by Gasteiger charge is -2.13. The molecule has 1 aromatic heterocycles. The molecule has 0 aliphatic carbocycles. The predicted octanol–water partition coefficient (Wildman–Crippen LogP) is 2.21. The highest BCUT2D eigenvalue weighted by Gasteiger charge is 2.18. The zero-order chi connectivity index (χ0) is 14.8. The lowest BCUT2D eigenvalue weighted by molar-refractivity contribution is -0.119. The summed E-state index contributed by atoms with van der Waals surface area (Å²) in [7, 11) is 0. The Labute approximate surface area is 121 Å².